The van der Waals surface area contributed by atoms with Gasteiger partial charge in [0.25, 0.3) is 0 Å². The summed E-state index contributed by atoms with van der Waals surface area (Å²) in [5, 5.41) is -1.89. The van der Waals surface area contributed by atoms with Crippen molar-refractivity contribution in [2.45, 2.75) is 25.2 Å². The van der Waals surface area contributed by atoms with Crippen molar-refractivity contribution in [3.63, 3.8) is 0 Å². The predicted molar refractivity (Wildman–Crippen MR) is 60.3 cm³/mol. The van der Waals surface area contributed by atoms with Crippen LogP contribution in [0.5, 0.6) is 0 Å². The molecule has 0 aliphatic carbocycles. The Bertz CT molecular complexity index is 275. The van der Waals surface area contributed by atoms with Gasteiger partial charge in [-0.05, 0) is 33.0 Å². The molecule has 9 heteroatoms. The molecule has 0 amide bonds. The van der Waals surface area contributed by atoms with E-state index in [1.54, 1.807) is 11.9 Å². The van der Waals surface area contributed by atoms with Crippen LogP contribution in [0.3, 0.4) is 0 Å². The minimum absolute atomic E-state index is 0.217. The van der Waals surface area contributed by atoms with Gasteiger partial charge in [0.2, 0.25) is 0 Å². The Hall–Kier alpha value is 0.260. The van der Waals surface area contributed by atoms with Crippen LogP contribution in [0.4, 0.5) is 0 Å². The van der Waals surface area contributed by atoms with Crippen LogP contribution in [0.1, 0.15) is 19.8 Å². The molecule has 16 heavy (non-hydrogen) atoms. The first-order chi connectivity index (χ1) is 7.09. The first-order valence-electron chi connectivity index (χ1n) is 4.88. The van der Waals surface area contributed by atoms with Gasteiger partial charge in [-0.3, -0.25) is 9.13 Å². The highest BCUT2D eigenvalue weighted by molar-refractivity contribution is 7.70. The molecule has 0 aromatic heterocycles. The zero-order chi connectivity index (χ0) is 13.0. The van der Waals surface area contributed by atoms with Crippen LogP contribution in [0.15, 0.2) is 0 Å². The van der Waals surface area contributed by atoms with Crippen molar-refractivity contribution in [2.24, 2.45) is 0 Å². The minimum atomic E-state index is -4.76. The van der Waals surface area contributed by atoms with Crippen molar-refractivity contribution in [1.82, 2.24) is 4.90 Å². The second-order valence-electron chi connectivity index (χ2n) is 3.75. The van der Waals surface area contributed by atoms with Gasteiger partial charge in [0.15, 0.2) is 5.40 Å². The van der Waals surface area contributed by atoms with E-state index in [9.17, 15) is 9.13 Å². The third-order valence-corrected chi connectivity index (χ3v) is 6.03. The van der Waals surface area contributed by atoms with E-state index in [0.717, 1.165) is 13.0 Å². The molecule has 7 nitrogen and oxygen atoms in total. The lowest BCUT2D eigenvalue weighted by Crippen LogP contribution is -2.24. The summed E-state index contributed by atoms with van der Waals surface area (Å²) in [6.07, 6.45) is 0.651. The van der Waals surface area contributed by atoms with Crippen LogP contribution < -0.4 is 0 Å². The van der Waals surface area contributed by atoms with E-state index in [1.165, 1.54) is 0 Å². The molecule has 0 radical (unpaired) electrons. The van der Waals surface area contributed by atoms with Gasteiger partial charge in [-0.1, -0.05) is 6.92 Å². The Kier molecular flexibility index (Phi) is 6.36. The van der Waals surface area contributed by atoms with Gasteiger partial charge in [-0.2, -0.15) is 0 Å². The first-order valence-corrected chi connectivity index (χ1v) is 8.24. The van der Waals surface area contributed by atoms with E-state index in [-0.39, 0.29) is 13.0 Å². The molecule has 0 bridgehead atoms. The van der Waals surface area contributed by atoms with Crippen molar-refractivity contribution >= 4 is 15.2 Å². The monoisotopic (exact) mass is 275 g/mol. The molecule has 0 spiro atoms. The largest absolute Gasteiger partial charge is 0.340 e. The van der Waals surface area contributed by atoms with Crippen LogP contribution in [-0.2, 0) is 9.13 Å². The second-order valence-corrected chi connectivity index (χ2v) is 7.76. The van der Waals surface area contributed by atoms with Crippen molar-refractivity contribution in [3.05, 3.63) is 0 Å². The summed E-state index contributed by atoms with van der Waals surface area (Å²) in [6.45, 7) is 2.91. The van der Waals surface area contributed by atoms with Crippen LogP contribution >= 0.6 is 15.2 Å². The van der Waals surface area contributed by atoms with Gasteiger partial charge >= 0.3 is 15.2 Å². The van der Waals surface area contributed by atoms with Gasteiger partial charge in [0.1, 0.15) is 0 Å². The summed E-state index contributed by atoms with van der Waals surface area (Å²) in [5.74, 6) is 0. The van der Waals surface area contributed by atoms with Crippen LogP contribution in [0.25, 0.3) is 0 Å². The van der Waals surface area contributed by atoms with Crippen LogP contribution in [-0.4, -0.2) is 50.0 Å². The van der Waals surface area contributed by atoms with Gasteiger partial charge in [0.05, 0.1) is 0 Å². The molecular weight excluding hydrogens is 256 g/mol. The summed E-state index contributed by atoms with van der Waals surface area (Å²) >= 11 is 0. The third-order valence-electron chi connectivity index (χ3n) is 2.15. The molecular formula is C7H19NO6P2. The number of nitrogens with zero attached hydrogens (tertiary/aromatic N) is 1. The lowest BCUT2D eigenvalue weighted by molar-refractivity contribution is 0.304. The molecule has 0 aromatic carbocycles. The number of rotatable bonds is 7. The fraction of sp³-hybridized carbons (Fsp3) is 1.00. The molecule has 0 aromatic rings. The number of hydrogen-bond acceptors (Lipinski definition) is 3. The average Bonchev–Trinajstić information content (AvgIpc) is 1.99. The van der Waals surface area contributed by atoms with Gasteiger partial charge in [0, 0.05) is 0 Å². The number of hydrogen-bond donors (Lipinski definition) is 4. The Morgan fingerprint density at radius 3 is 1.81 bits per heavy atom. The Morgan fingerprint density at radius 2 is 1.50 bits per heavy atom. The lowest BCUT2D eigenvalue weighted by atomic mass is 10.4. The maximum Gasteiger partial charge on any atom is 0.340 e. The highest BCUT2D eigenvalue weighted by Crippen LogP contribution is 2.61. The molecule has 0 saturated carbocycles. The summed E-state index contributed by atoms with van der Waals surface area (Å²) in [7, 11) is -7.79. The first kappa shape index (κ1) is 16.3. The maximum absolute atomic E-state index is 10.9. The lowest BCUT2D eigenvalue weighted by Gasteiger charge is -2.22. The molecule has 4 N–H and O–H groups in total. The van der Waals surface area contributed by atoms with E-state index in [1.807, 2.05) is 6.92 Å². The zero-order valence-corrected chi connectivity index (χ0v) is 11.1. The quantitative estimate of drug-likeness (QED) is 0.496. The van der Waals surface area contributed by atoms with E-state index in [4.69, 9.17) is 19.6 Å². The summed E-state index contributed by atoms with van der Waals surface area (Å²) in [4.78, 5) is 37.2. The Balaban J connectivity index is 4.49. The predicted octanol–water partition coefficient (Wildman–Crippen LogP) is 0.400. The highest BCUT2D eigenvalue weighted by atomic mass is 31.2. The fourth-order valence-corrected chi connectivity index (χ4v) is 3.83. The minimum Gasteiger partial charge on any atom is -0.324 e. The fourth-order valence-electron chi connectivity index (χ4n) is 1.36. The van der Waals surface area contributed by atoms with E-state index in [2.05, 4.69) is 0 Å². The average molecular weight is 275 g/mol. The molecule has 0 saturated heterocycles. The van der Waals surface area contributed by atoms with Gasteiger partial charge in [-0.15, -0.1) is 0 Å². The zero-order valence-electron chi connectivity index (χ0n) is 9.35. The molecule has 98 valence electrons. The molecule has 0 aliphatic rings. The van der Waals surface area contributed by atoms with E-state index >= 15 is 0 Å². The molecule has 0 rings (SSSR count). The molecule has 0 heterocycles. The summed E-state index contributed by atoms with van der Waals surface area (Å²) in [6, 6.07) is 0. The molecule has 0 unspecified atom stereocenters. The van der Waals surface area contributed by atoms with Crippen molar-refractivity contribution < 1.29 is 28.7 Å². The third kappa shape index (κ3) is 6.11. The summed E-state index contributed by atoms with van der Waals surface area (Å²) < 4.78 is 21.9. The smallest absolute Gasteiger partial charge is 0.324 e. The molecule has 0 aliphatic heterocycles. The summed E-state index contributed by atoms with van der Waals surface area (Å²) in [5.41, 5.74) is 0. The Labute approximate surface area is 94.8 Å². The van der Waals surface area contributed by atoms with Crippen LogP contribution in [0, 0.1) is 0 Å². The molecule has 0 fully saturated rings. The molecule has 0 atom stereocenters. The van der Waals surface area contributed by atoms with Crippen LogP contribution in [0.2, 0.25) is 0 Å². The maximum atomic E-state index is 10.9. The van der Waals surface area contributed by atoms with Gasteiger partial charge in [-0.25, -0.2) is 0 Å². The van der Waals surface area contributed by atoms with Crippen molar-refractivity contribution in [1.29, 1.82) is 0 Å². The highest BCUT2D eigenvalue weighted by Gasteiger charge is 2.42. The van der Waals surface area contributed by atoms with Crippen molar-refractivity contribution in [2.75, 3.05) is 20.1 Å². The van der Waals surface area contributed by atoms with E-state index in [0.29, 0.717) is 0 Å². The van der Waals surface area contributed by atoms with Gasteiger partial charge < -0.3 is 24.5 Å². The SMILES string of the molecule is CCCN(C)CCC(P(=O)(O)O)P(=O)(O)O. The van der Waals surface area contributed by atoms with E-state index < -0.39 is 20.6 Å². The normalized spacial score (nSPS) is 13.8. The second kappa shape index (κ2) is 6.26. The Morgan fingerprint density at radius 1 is 1.06 bits per heavy atom. The standard InChI is InChI=1S/C7H19NO6P2/c1-3-5-8(2)6-4-7(15(9,10)11)16(12,13)14/h7H,3-6H2,1-2H3,(H2,9,10,11)(H2,12,13,14). The van der Waals surface area contributed by atoms with Crippen molar-refractivity contribution in [3.8, 4) is 0 Å². The topological polar surface area (TPSA) is 118 Å².